The van der Waals surface area contributed by atoms with Crippen molar-refractivity contribution >= 4 is 21.8 Å². The zero-order valence-corrected chi connectivity index (χ0v) is 10.8. The first kappa shape index (κ1) is 11.3. The van der Waals surface area contributed by atoms with Crippen LogP contribution in [0.1, 0.15) is 25.5 Å². The first-order chi connectivity index (χ1) is 8.66. The lowest BCUT2D eigenvalue weighted by molar-refractivity contribution is 0.515. The summed E-state index contributed by atoms with van der Waals surface area (Å²) in [5.74, 6) is 0.452. The maximum absolute atomic E-state index is 6.23. The second-order valence-electron chi connectivity index (χ2n) is 5.25. The molecule has 1 atom stereocenters. The van der Waals surface area contributed by atoms with Gasteiger partial charge in [0.1, 0.15) is 0 Å². The highest BCUT2D eigenvalue weighted by Gasteiger charge is 2.12. The molecule has 0 saturated carbocycles. The second kappa shape index (κ2) is 4.14. The fourth-order valence-corrected chi connectivity index (χ4v) is 2.46. The topological polar surface area (TPSA) is 41.8 Å². The van der Waals surface area contributed by atoms with Crippen molar-refractivity contribution in [3.63, 3.8) is 0 Å². The van der Waals surface area contributed by atoms with Gasteiger partial charge in [0.05, 0.1) is 0 Å². The number of benzene rings is 2. The third kappa shape index (κ3) is 1.70. The fourth-order valence-electron chi connectivity index (χ4n) is 2.46. The molecule has 0 saturated heterocycles. The number of para-hydroxylation sites is 1. The maximum atomic E-state index is 6.23. The standard InChI is InChI=1S/C16H18N2/c1-10(2)16(17)11-7-8-15-13(9-11)12-5-3-4-6-14(12)18-15/h3-10,16,18H,17H2,1-2H3. The van der Waals surface area contributed by atoms with Crippen LogP contribution in [0.4, 0.5) is 0 Å². The van der Waals surface area contributed by atoms with Crippen molar-refractivity contribution in [2.45, 2.75) is 19.9 Å². The van der Waals surface area contributed by atoms with Gasteiger partial charge >= 0.3 is 0 Å². The number of H-pyrrole nitrogens is 1. The molecule has 0 amide bonds. The highest BCUT2D eigenvalue weighted by Crippen LogP contribution is 2.29. The summed E-state index contributed by atoms with van der Waals surface area (Å²) in [5.41, 5.74) is 9.80. The fraction of sp³-hybridized carbons (Fsp3) is 0.250. The van der Waals surface area contributed by atoms with E-state index in [1.165, 1.54) is 27.4 Å². The lowest BCUT2D eigenvalue weighted by Crippen LogP contribution is -2.16. The van der Waals surface area contributed by atoms with E-state index in [2.05, 4.69) is 61.3 Å². The molecule has 18 heavy (non-hydrogen) atoms. The van der Waals surface area contributed by atoms with E-state index in [1.54, 1.807) is 0 Å². The number of aromatic amines is 1. The predicted octanol–water partition coefficient (Wildman–Crippen LogP) is 3.98. The summed E-state index contributed by atoms with van der Waals surface area (Å²) in [4.78, 5) is 3.43. The second-order valence-corrected chi connectivity index (χ2v) is 5.25. The Bertz CT molecular complexity index is 694. The number of nitrogens with two attached hydrogens (primary N) is 1. The van der Waals surface area contributed by atoms with Crippen molar-refractivity contribution < 1.29 is 0 Å². The lowest BCUT2D eigenvalue weighted by Gasteiger charge is -2.15. The van der Waals surface area contributed by atoms with Crippen molar-refractivity contribution in [1.29, 1.82) is 0 Å². The largest absolute Gasteiger partial charge is 0.355 e. The van der Waals surface area contributed by atoms with E-state index >= 15 is 0 Å². The van der Waals surface area contributed by atoms with Crippen molar-refractivity contribution in [2.24, 2.45) is 11.7 Å². The zero-order valence-electron chi connectivity index (χ0n) is 10.8. The summed E-state index contributed by atoms with van der Waals surface area (Å²) in [6.07, 6.45) is 0. The monoisotopic (exact) mass is 238 g/mol. The molecular weight excluding hydrogens is 220 g/mol. The van der Waals surface area contributed by atoms with Gasteiger partial charge in [-0.15, -0.1) is 0 Å². The number of fused-ring (bicyclic) bond motifs is 3. The SMILES string of the molecule is CC(C)C(N)c1ccc2[nH]c3ccccc3c2c1. The third-order valence-electron chi connectivity index (χ3n) is 3.63. The molecule has 2 aromatic carbocycles. The number of hydrogen-bond acceptors (Lipinski definition) is 1. The van der Waals surface area contributed by atoms with Crippen LogP contribution < -0.4 is 5.73 Å². The van der Waals surface area contributed by atoms with Crippen LogP contribution in [0.3, 0.4) is 0 Å². The van der Waals surface area contributed by atoms with Gasteiger partial charge in [0.15, 0.2) is 0 Å². The van der Waals surface area contributed by atoms with Gasteiger partial charge in [-0.2, -0.15) is 0 Å². The number of aromatic nitrogens is 1. The summed E-state index contributed by atoms with van der Waals surface area (Å²) >= 11 is 0. The minimum absolute atomic E-state index is 0.100. The van der Waals surface area contributed by atoms with Gasteiger partial charge in [-0.3, -0.25) is 0 Å². The van der Waals surface area contributed by atoms with Gasteiger partial charge in [0.2, 0.25) is 0 Å². The van der Waals surface area contributed by atoms with E-state index in [0.717, 1.165) is 0 Å². The van der Waals surface area contributed by atoms with E-state index in [1.807, 2.05) is 0 Å². The van der Waals surface area contributed by atoms with E-state index in [-0.39, 0.29) is 6.04 Å². The molecular formula is C16H18N2. The average molecular weight is 238 g/mol. The first-order valence-corrected chi connectivity index (χ1v) is 6.43. The van der Waals surface area contributed by atoms with Gasteiger partial charge in [0.25, 0.3) is 0 Å². The molecule has 1 unspecified atom stereocenters. The molecule has 0 bridgehead atoms. The Hall–Kier alpha value is -1.80. The van der Waals surface area contributed by atoms with Gasteiger partial charge in [0, 0.05) is 27.8 Å². The minimum Gasteiger partial charge on any atom is -0.355 e. The molecule has 2 heteroatoms. The van der Waals surface area contributed by atoms with Gasteiger partial charge in [-0.25, -0.2) is 0 Å². The Morgan fingerprint density at radius 3 is 2.44 bits per heavy atom. The van der Waals surface area contributed by atoms with Crippen molar-refractivity contribution in [3.8, 4) is 0 Å². The van der Waals surface area contributed by atoms with Crippen LogP contribution in [0, 0.1) is 5.92 Å². The van der Waals surface area contributed by atoms with E-state index in [9.17, 15) is 0 Å². The number of nitrogens with one attached hydrogen (secondary N) is 1. The van der Waals surface area contributed by atoms with E-state index < -0.39 is 0 Å². The molecule has 0 radical (unpaired) electrons. The third-order valence-corrected chi connectivity index (χ3v) is 3.63. The maximum Gasteiger partial charge on any atom is 0.0465 e. The Morgan fingerprint density at radius 1 is 0.944 bits per heavy atom. The molecule has 3 N–H and O–H groups in total. The summed E-state index contributed by atoms with van der Waals surface area (Å²) in [6.45, 7) is 4.31. The summed E-state index contributed by atoms with van der Waals surface area (Å²) in [5, 5.41) is 2.53. The molecule has 1 heterocycles. The molecule has 0 aliphatic rings. The Balaban J connectivity index is 2.24. The van der Waals surface area contributed by atoms with E-state index in [4.69, 9.17) is 5.73 Å². The number of hydrogen-bond donors (Lipinski definition) is 2. The molecule has 0 aliphatic carbocycles. The normalized spacial score (nSPS) is 13.6. The first-order valence-electron chi connectivity index (χ1n) is 6.43. The number of rotatable bonds is 2. The molecule has 0 fully saturated rings. The quantitative estimate of drug-likeness (QED) is 0.696. The highest BCUT2D eigenvalue weighted by molar-refractivity contribution is 6.07. The Morgan fingerprint density at radius 2 is 1.67 bits per heavy atom. The Labute approximate surface area is 107 Å². The summed E-state index contributed by atoms with van der Waals surface area (Å²) in [7, 11) is 0. The minimum atomic E-state index is 0.100. The highest BCUT2D eigenvalue weighted by atomic mass is 14.7. The van der Waals surface area contributed by atoms with Crippen molar-refractivity contribution in [3.05, 3.63) is 48.0 Å². The molecule has 92 valence electrons. The van der Waals surface area contributed by atoms with Crippen LogP contribution in [0.2, 0.25) is 0 Å². The van der Waals surface area contributed by atoms with Crippen LogP contribution in [0.15, 0.2) is 42.5 Å². The molecule has 2 nitrogen and oxygen atoms in total. The van der Waals surface area contributed by atoms with Gasteiger partial charge in [-0.05, 0) is 29.7 Å². The Kier molecular flexibility index (Phi) is 2.60. The summed E-state index contributed by atoms with van der Waals surface area (Å²) < 4.78 is 0. The van der Waals surface area contributed by atoms with Crippen LogP contribution in [-0.4, -0.2) is 4.98 Å². The molecule has 3 rings (SSSR count). The average Bonchev–Trinajstić information content (AvgIpc) is 2.75. The van der Waals surface area contributed by atoms with E-state index in [0.29, 0.717) is 5.92 Å². The smallest absolute Gasteiger partial charge is 0.0465 e. The van der Waals surface area contributed by atoms with Crippen molar-refractivity contribution in [1.82, 2.24) is 4.98 Å². The molecule has 0 spiro atoms. The van der Waals surface area contributed by atoms with Crippen LogP contribution in [-0.2, 0) is 0 Å². The lowest BCUT2D eigenvalue weighted by atomic mass is 9.96. The molecule has 1 aromatic heterocycles. The van der Waals surface area contributed by atoms with Crippen LogP contribution in [0.25, 0.3) is 21.8 Å². The van der Waals surface area contributed by atoms with Crippen LogP contribution in [0.5, 0.6) is 0 Å². The van der Waals surface area contributed by atoms with Crippen LogP contribution >= 0.6 is 0 Å². The zero-order chi connectivity index (χ0) is 12.7. The van der Waals surface area contributed by atoms with Gasteiger partial charge in [-0.1, -0.05) is 38.1 Å². The molecule has 0 aliphatic heterocycles. The predicted molar refractivity (Wildman–Crippen MR) is 77.6 cm³/mol. The van der Waals surface area contributed by atoms with Crippen molar-refractivity contribution in [2.75, 3.05) is 0 Å². The summed E-state index contributed by atoms with van der Waals surface area (Å²) in [6, 6.07) is 15.0. The molecule has 3 aromatic rings. The van der Waals surface area contributed by atoms with Gasteiger partial charge < -0.3 is 10.7 Å².